The first-order valence-electron chi connectivity index (χ1n) is 5.24. The molecule has 0 aliphatic rings. The predicted molar refractivity (Wildman–Crippen MR) is 63.0 cm³/mol. The molecule has 0 bridgehead atoms. The lowest BCUT2D eigenvalue weighted by atomic mass is 10.00. The molecule has 0 unspecified atom stereocenters. The first-order valence-corrected chi connectivity index (χ1v) is 5.24. The molecule has 0 saturated heterocycles. The maximum atomic E-state index is 4.10. The minimum absolute atomic E-state index is 1.05. The van der Waals surface area contributed by atoms with Gasteiger partial charge in [0.25, 0.3) is 0 Å². The average molecular weight is 196 g/mol. The van der Waals surface area contributed by atoms with Crippen LogP contribution in [-0.4, -0.2) is 10.2 Å². The molecule has 3 rings (SSSR count). The van der Waals surface area contributed by atoms with E-state index in [9.17, 15) is 0 Å². The van der Waals surface area contributed by atoms with Gasteiger partial charge in [-0.05, 0) is 28.8 Å². The molecule has 0 saturated carbocycles. The Kier molecular flexibility index (Phi) is 1.75. The molecular formula is C13H12N2. The van der Waals surface area contributed by atoms with Gasteiger partial charge in [-0.25, -0.2) is 0 Å². The summed E-state index contributed by atoms with van der Waals surface area (Å²) in [7, 11) is 0. The van der Waals surface area contributed by atoms with Crippen LogP contribution in [0, 0.1) is 0 Å². The second-order valence-electron chi connectivity index (χ2n) is 3.77. The van der Waals surface area contributed by atoms with Gasteiger partial charge in [0.15, 0.2) is 0 Å². The van der Waals surface area contributed by atoms with Gasteiger partial charge in [-0.15, -0.1) is 0 Å². The lowest BCUT2D eigenvalue weighted by Gasteiger charge is -2.05. The van der Waals surface area contributed by atoms with E-state index >= 15 is 0 Å². The van der Waals surface area contributed by atoms with Crippen LogP contribution in [0.25, 0.3) is 21.7 Å². The average Bonchev–Trinajstić information content (AvgIpc) is 2.76. The van der Waals surface area contributed by atoms with Crippen molar-refractivity contribution in [2.45, 2.75) is 13.3 Å². The number of hydrogen-bond acceptors (Lipinski definition) is 1. The molecule has 1 N–H and O–H groups in total. The Hall–Kier alpha value is -1.83. The largest absolute Gasteiger partial charge is 0.278 e. The van der Waals surface area contributed by atoms with Crippen LogP contribution < -0.4 is 0 Å². The quantitative estimate of drug-likeness (QED) is 0.635. The van der Waals surface area contributed by atoms with E-state index in [1.807, 2.05) is 6.20 Å². The summed E-state index contributed by atoms with van der Waals surface area (Å²) in [5.41, 5.74) is 2.51. The SMILES string of the molecule is CCc1cc2[nH]ncc2c2ccccc12. The standard InChI is InChI=1S/C13H12N2/c1-2-9-7-13-12(8-14-15-13)11-6-4-3-5-10(9)11/h3-8H,2H2,1H3,(H,14,15). The van der Waals surface area contributed by atoms with Crippen molar-refractivity contribution in [1.82, 2.24) is 10.2 Å². The van der Waals surface area contributed by atoms with E-state index in [1.165, 1.54) is 21.7 Å². The molecule has 0 aliphatic heterocycles. The van der Waals surface area contributed by atoms with Gasteiger partial charge < -0.3 is 0 Å². The van der Waals surface area contributed by atoms with Crippen molar-refractivity contribution >= 4 is 21.7 Å². The van der Waals surface area contributed by atoms with Crippen molar-refractivity contribution in [1.29, 1.82) is 0 Å². The summed E-state index contributed by atoms with van der Waals surface area (Å²) in [6.07, 6.45) is 2.95. The summed E-state index contributed by atoms with van der Waals surface area (Å²) < 4.78 is 0. The van der Waals surface area contributed by atoms with Gasteiger partial charge in [-0.2, -0.15) is 5.10 Å². The molecule has 2 heteroatoms. The predicted octanol–water partition coefficient (Wildman–Crippen LogP) is 3.28. The Morgan fingerprint density at radius 3 is 2.73 bits per heavy atom. The fourth-order valence-electron chi connectivity index (χ4n) is 2.16. The summed E-state index contributed by atoms with van der Waals surface area (Å²) >= 11 is 0. The van der Waals surface area contributed by atoms with Crippen LogP contribution in [0.1, 0.15) is 12.5 Å². The highest BCUT2D eigenvalue weighted by molar-refractivity contribution is 6.07. The summed E-state index contributed by atoms with van der Waals surface area (Å²) in [6, 6.07) is 10.7. The maximum Gasteiger partial charge on any atom is 0.0659 e. The van der Waals surface area contributed by atoms with E-state index < -0.39 is 0 Å². The van der Waals surface area contributed by atoms with Gasteiger partial charge in [0.1, 0.15) is 0 Å². The number of H-pyrrole nitrogens is 1. The third kappa shape index (κ3) is 1.14. The number of hydrogen-bond donors (Lipinski definition) is 1. The van der Waals surface area contributed by atoms with Gasteiger partial charge in [0.05, 0.1) is 11.7 Å². The zero-order valence-corrected chi connectivity index (χ0v) is 8.62. The van der Waals surface area contributed by atoms with E-state index in [0.717, 1.165) is 11.9 Å². The number of aromatic amines is 1. The van der Waals surface area contributed by atoms with Crippen molar-refractivity contribution in [2.24, 2.45) is 0 Å². The zero-order chi connectivity index (χ0) is 10.3. The lowest BCUT2D eigenvalue weighted by molar-refractivity contribution is 1.11. The Labute approximate surface area is 87.9 Å². The Morgan fingerprint density at radius 1 is 1.13 bits per heavy atom. The fourth-order valence-corrected chi connectivity index (χ4v) is 2.16. The monoisotopic (exact) mass is 196 g/mol. The van der Waals surface area contributed by atoms with E-state index in [2.05, 4.69) is 47.5 Å². The molecule has 0 radical (unpaired) electrons. The molecule has 74 valence electrons. The molecule has 0 spiro atoms. The van der Waals surface area contributed by atoms with Crippen LogP contribution in [0.3, 0.4) is 0 Å². The number of aromatic nitrogens is 2. The normalized spacial score (nSPS) is 11.3. The fraction of sp³-hybridized carbons (Fsp3) is 0.154. The number of nitrogens with one attached hydrogen (secondary N) is 1. The van der Waals surface area contributed by atoms with Crippen molar-refractivity contribution in [3.8, 4) is 0 Å². The molecule has 1 aromatic heterocycles. The lowest BCUT2D eigenvalue weighted by Crippen LogP contribution is -1.84. The van der Waals surface area contributed by atoms with Gasteiger partial charge in [-0.3, -0.25) is 5.10 Å². The molecule has 0 aliphatic carbocycles. The van der Waals surface area contributed by atoms with Crippen molar-refractivity contribution in [3.05, 3.63) is 42.1 Å². The third-order valence-electron chi connectivity index (χ3n) is 2.93. The minimum atomic E-state index is 1.05. The van der Waals surface area contributed by atoms with Gasteiger partial charge in [-0.1, -0.05) is 31.2 Å². The molecule has 3 aromatic rings. The molecular weight excluding hydrogens is 184 g/mol. The number of nitrogens with zero attached hydrogens (tertiary/aromatic N) is 1. The zero-order valence-electron chi connectivity index (χ0n) is 8.62. The van der Waals surface area contributed by atoms with Gasteiger partial charge in [0.2, 0.25) is 0 Å². The molecule has 15 heavy (non-hydrogen) atoms. The first-order chi connectivity index (χ1) is 7.40. The highest BCUT2D eigenvalue weighted by Gasteiger charge is 2.05. The van der Waals surface area contributed by atoms with E-state index in [4.69, 9.17) is 0 Å². The summed E-state index contributed by atoms with van der Waals surface area (Å²) in [5, 5.41) is 11.0. The highest BCUT2D eigenvalue weighted by atomic mass is 15.1. The van der Waals surface area contributed by atoms with Crippen LogP contribution in [0.2, 0.25) is 0 Å². The second-order valence-corrected chi connectivity index (χ2v) is 3.77. The van der Waals surface area contributed by atoms with E-state index in [1.54, 1.807) is 0 Å². The topological polar surface area (TPSA) is 28.7 Å². The highest BCUT2D eigenvalue weighted by Crippen LogP contribution is 2.27. The molecule has 0 atom stereocenters. The van der Waals surface area contributed by atoms with Crippen LogP contribution in [0.5, 0.6) is 0 Å². The first kappa shape index (κ1) is 8.48. The van der Waals surface area contributed by atoms with Crippen molar-refractivity contribution < 1.29 is 0 Å². The number of rotatable bonds is 1. The molecule has 2 nitrogen and oxygen atoms in total. The van der Waals surface area contributed by atoms with Gasteiger partial charge >= 0.3 is 0 Å². The Bertz CT molecular complexity index is 623. The Morgan fingerprint density at radius 2 is 1.93 bits per heavy atom. The minimum Gasteiger partial charge on any atom is -0.278 e. The number of fused-ring (bicyclic) bond motifs is 3. The summed E-state index contributed by atoms with van der Waals surface area (Å²) in [6.45, 7) is 2.18. The third-order valence-corrected chi connectivity index (χ3v) is 2.93. The smallest absolute Gasteiger partial charge is 0.0659 e. The van der Waals surface area contributed by atoms with Crippen molar-refractivity contribution in [2.75, 3.05) is 0 Å². The Balaban J connectivity index is 2.58. The van der Waals surface area contributed by atoms with Gasteiger partial charge in [0, 0.05) is 5.39 Å². The molecule has 1 heterocycles. The summed E-state index contributed by atoms with van der Waals surface area (Å²) in [4.78, 5) is 0. The van der Waals surface area contributed by atoms with Crippen LogP contribution in [0.4, 0.5) is 0 Å². The van der Waals surface area contributed by atoms with E-state index in [-0.39, 0.29) is 0 Å². The second kappa shape index (κ2) is 3.09. The molecule has 0 fully saturated rings. The van der Waals surface area contributed by atoms with Crippen LogP contribution >= 0.6 is 0 Å². The molecule has 2 aromatic carbocycles. The van der Waals surface area contributed by atoms with Crippen LogP contribution in [-0.2, 0) is 6.42 Å². The maximum absolute atomic E-state index is 4.10. The summed E-state index contributed by atoms with van der Waals surface area (Å²) in [5.74, 6) is 0. The number of benzene rings is 2. The van der Waals surface area contributed by atoms with Crippen LogP contribution in [0.15, 0.2) is 36.5 Å². The number of aryl methyl sites for hydroxylation is 1. The molecule has 0 amide bonds. The van der Waals surface area contributed by atoms with Crippen molar-refractivity contribution in [3.63, 3.8) is 0 Å². The van der Waals surface area contributed by atoms with E-state index in [0.29, 0.717) is 0 Å².